The summed E-state index contributed by atoms with van der Waals surface area (Å²) in [5.74, 6) is -0.765. The molecule has 0 fully saturated rings. The number of aryl methyl sites for hydroxylation is 2. The van der Waals surface area contributed by atoms with Gasteiger partial charge in [-0.3, -0.25) is 9.59 Å². The van der Waals surface area contributed by atoms with Crippen molar-refractivity contribution in [2.45, 2.75) is 27.2 Å². The van der Waals surface area contributed by atoms with Crippen LogP contribution in [0.15, 0.2) is 36.8 Å². The summed E-state index contributed by atoms with van der Waals surface area (Å²) in [5.41, 5.74) is 10.7. The lowest BCUT2D eigenvalue weighted by molar-refractivity contribution is -0.117. The van der Waals surface area contributed by atoms with Crippen molar-refractivity contribution < 1.29 is 9.59 Å². The van der Waals surface area contributed by atoms with Gasteiger partial charge in [-0.05, 0) is 50.6 Å². The maximum atomic E-state index is 12.6. The monoisotopic (exact) mass is 351 g/mol. The molecule has 0 spiro atoms. The molecule has 0 bridgehead atoms. The number of H-pyrrole nitrogens is 1. The molecule has 2 aromatic heterocycles. The molecule has 4 N–H and O–H groups in total. The molecule has 2 heterocycles. The molecule has 7 nitrogen and oxygen atoms in total. The van der Waals surface area contributed by atoms with E-state index in [4.69, 9.17) is 5.73 Å². The molecule has 26 heavy (non-hydrogen) atoms. The average molecular weight is 351 g/mol. The van der Waals surface area contributed by atoms with Gasteiger partial charge in [-0.1, -0.05) is 0 Å². The van der Waals surface area contributed by atoms with Crippen LogP contribution in [0.4, 0.5) is 5.69 Å². The highest BCUT2D eigenvalue weighted by Crippen LogP contribution is 2.19. The smallest absolute Gasteiger partial charge is 0.257 e. The van der Waals surface area contributed by atoms with Gasteiger partial charge in [0.2, 0.25) is 5.91 Å². The summed E-state index contributed by atoms with van der Waals surface area (Å²) in [6.45, 7) is 5.78. The normalized spacial score (nSPS) is 10.7. The Morgan fingerprint density at radius 2 is 1.88 bits per heavy atom. The van der Waals surface area contributed by atoms with Gasteiger partial charge in [0.1, 0.15) is 0 Å². The first kappa shape index (κ1) is 17.5. The number of imidazole rings is 1. The van der Waals surface area contributed by atoms with Gasteiger partial charge in [0, 0.05) is 29.0 Å². The lowest BCUT2D eigenvalue weighted by atomic mass is 10.1. The van der Waals surface area contributed by atoms with Crippen LogP contribution < -0.4 is 11.1 Å². The molecular weight excluding hydrogens is 330 g/mol. The van der Waals surface area contributed by atoms with Crippen LogP contribution >= 0.6 is 0 Å². The number of primary amides is 1. The fourth-order valence-corrected chi connectivity index (χ4v) is 2.87. The van der Waals surface area contributed by atoms with Crippen LogP contribution in [0.2, 0.25) is 0 Å². The fraction of sp³-hybridized carbons (Fsp3) is 0.211. The molecule has 0 saturated carbocycles. The number of rotatable bonds is 5. The number of anilines is 1. The second kappa shape index (κ2) is 6.87. The van der Waals surface area contributed by atoms with E-state index in [0.29, 0.717) is 16.9 Å². The van der Waals surface area contributed by atoms with Crippen LogP contribution in [0.3, 0.4) is 0 Å². The van der Waals surface area contributed by atoms with Gasteiger partial charge in [0.25, 0.3) is 5.91 Å². The summed E-state index contributed by atoms with van der Waals surface area (Å²) in [6.07, 6.45) is 3.47. The Kier molecular flexibility index (Phi) is 4.62. The maximum absolute atomic E-state index is 12.6. The molecule has 134 valence electrons. The number of aromatic nitrogens is 3. The molecule has 1 aromatic carbocycles. The Morgan fingerprint density at radius 1 is 1.19 bits per heavy atom. The third-order valence-corrected chi connectivity index (χ3v) is 4.39. The number of nitrogens with two attached hydrogens (primary N) is 1. The van der Waals surface area contributed by atoms with Crippen molar-refractivity contribution in [3.8, 4) is 5.69 Å². The SMILES string of the molecule is Cc1c[nH]c(CC(N)=O)c1C(=O)Nc1ccc(-n2cnc(C)c2C)cc1. The first-order valence-electron chi connectivity index (χ1n) is 8.24. The van der Waals surface area contributed by atoms with Crippen LogP contribution in [0, 0.1) is 20.8 Å². The summed E-state index contributed by atoms with van der Waals surface area (Å²) in [4.78, 5) is 31.0. The fourth-order valence-electron chi connectivity index (χ4n) is 2.87. The van der Waals surface area contributed by atoms with Gasteiger partial charge in [0.05, 0.1) is 24.0 Å². The van der Waals surface area contributed by atoms with Crippen LogP contribution in [0.1, 0.15) is 33.0 Å². The number of nitrogens with one attached hydrogen (secondary N) is 2. The largest absolute Gasteiger partial charge is 0.369 e. The van der Waals surface area contributed by atoms with E-state index in [1.54, 1.807) is 12.5 Å². The minimum atomic E-state index is -0.490. The third-order valence-electron chi connectivity index (χ3n) is 4.39. The van der Waals surface area contributed by atoms with Crippen molar-refractivity contribution in [2.24, 2.45) is 5.73 Å². The van der Waals surface area contributed by atoms with Gasteiger partial charge in [-0.25, -0.2) is 4.98 Å². The number of benzene rings is 1. The lowest BCUT2D eigenvalue weighted by Crippen LogP contribution is -2.19. The average Bonchev–Trinajstić information content (AvgIpc) is 3.11. The van der Waals surface area contributed by atoms with Crippen LogP contribution in [0.5, 0.6) is 0 Å². The summed E-state index contributed by atoms with van der Waals surface area (Å²) < 4.78 is 1.99. The predicted octanol–water partition coefficient (Wildman–Crippen LogP) is 2.41. The van der Waals surface area contributed by atoms with Crippen LogP contribution in [-0.4, -0.2) is 26.3 Å². The third kappa shape index (κ3) is 3.37. The molecule has 0 saturated heterocycles. The lowest BCUT2D eigenvalue weighted by Gasteiger charge is -2.09. The molecule has 3 aromatic rings. The number of amides is 2. The van der Waals surface area contributed by atoms with Gasteiger partial charge >= 0.3 is 0 Å². The van der Waals surface area contributed by atoms with Crippen molar-refractivity contribution in [2.75, 3.05) is 5.32 Å². The molecule has 0 aliphatic rings. The topological polar surface area (TPSA) is 106 Å². The van der Waals surface area contributed by atoms with Crippen LogP contribution in [-0.2, 0) is 11.2 Å². The van der Waals surface area contributed by atoms with Crippen molar-refractivity contribution in [1.29, 1.82) is 0 Å². The van der Waals surface area contributed by atoms with E-state index in [1.807, 2.05) is 49.6 Å². The van der Waals surface area contributed by atoms with Crippen molar-refractivity contribution in [3.05, 3.63) is 65.0 Å². The van der Waals surface area contributed by atoms with E-state index < -0.39 is 5.91 Å². The Hall–Kier alpha value is -3.35. The molecule has 0 unspecified atom stereocenters. The van der Waals surface area contributed by atoms with E-state index in [9.17, 15) is 9.59 Å². The van der Waals surface area contributed by atoms with Gasteiger partial charge < -0.3 is 20.6 Å². The van der Waals surface area contributed by atoms with Crippen LogP contribution in [0.25, 0.3) is 5.69 Å². The Labute approximate surface area is 151 Å². The quantitative estimate of drug-likeness (QED) is 0.657. The molecule has 0 aliphatic heterocycles. The zero-order valence-corrected chi connectivity index (χ0v) is 15.0. The van der Waals surface area contributed by atoms with Crippen molar-refractivity contribution in [3.63, 3.8) is 0 Å². The highest BCUT2D eigenvalue weighted by Gasteiger charge is 2.18. The highest BCUT2D eigenvalue weighted by molar-refractivity contribution is 6.06. The first-order chi connectivity index (χ1) is 12.4. The molecule has 0 atom stereocenters. The number of hydrogen-bond acceptors (Lipinski definition) is 3. The Morgan fingerprint density at radius 3 is 2.46 bits per heavy atom. The number of aromatic amines is 1. The molecule has 2 amide bonds. The summed E-state index contributed by atoms with van der Waals surface area (Å²) in [6, 6.07) is 7.49. The van der Waals surface area contributed by atoms with Crippen molar-refractivity contribution >= 4 is 17.5 Å². The standard InChI is InChI=1S/C19H21N5O2/c1-11-9-21-16(8-17(20)25)18(11)19(26)23-14-4-6-15(7-5-14)24-10-22-12(2)13(24)3/h4-7,9-10,21H,8H2,1-3H3,(H2,20,25)(H,23,26). The van der Waals surface area contributed by atoms with Gasteiger partial charge in [-0.15, -0.1) is 0 Å². The zero-order valence-electron chi connectivity index (χ0n) is 15.0. The molecule has 0 aliphatic carbocycles. The second-order valence-electron chi connectivity index (χ2n) is 6.25. The molecule has 0 radical (unpaired) electrons. The van der Waals surface area contributed by atoms with Gasteiger partial charge in [-0.2, -0.15) is 0 Å². The number of carbonyl (C=O) groups is 2. The van der Waals surface area contributed by atoms with E-state index in [1.165, 1.54) is 0 Å². The molecule has 3 rings (SSSR count). The first-order valence-corrected chi connectivity index (χ1v) is 8.24. The summed E-state index contributed by atoms with van der Waals surface area (Å²) in [5, 5.41) is 2.86. The summed E-state index contributed by atoms with van der Waals surface area (Å²) in [7, 11) is 0. The number of carbonyl (C=O) groups excluding carboxylic acids is 2. The highest BCUT2D eigenvalue weighted by atomic mass is 16.2. The second-order valence-corrected chi connectivity index (χ2v) is 6.25. The van der Waals surface area contributed by atoms with E-state index in [2.05, 4.69) is 15.3 Å². The predicted molar refractivity (Wildman–Crippen MR) is 99.4 cm³/mol. The molecular formula is C19H21N5O2. The minimum absolute atomic E-state index is 0.00517. The maximum Gasteiger partial charge on any atom is 0.257 e. The number of hydrogen-bond donors (Lipinski definition) is 3. The molecule has 7 heteroatoms. The zero-order chi connectivity index (χ0) is 18.8. The minimum Gasteiger partial charge on any atom is -0.369 e. The Bertz CT molecular complexity index is 966. The van der Waals surface area contributed by atoms with Crippen molar-refractivity contribution in [1.82, 2.24) is 14.5 Å². The Balaban J connectivity index is 1.80. The number of nitrogens with zero attached hydrogens (tertiary/aromatic N) is 2. The van der Waals surface area contributed by atoms with Gasteiger partial charge in [0.15, 0.2) is 0 Å². The summed E-state index contributed by atoms with van der Waals surface area (Å²) >= 11 is 0. The van der Waals surface area contributed by atoms with E-state index in [0.717, 1.165) is 22.6 Å². The van der Waals surface area contributed by atoms with E-state index >= 15 is 0 Å². The van der Waals surface area contributed by atoms with E-state index in [-0.39, 0.29) is 12.3 Å².